The van der Waals surface area contributed by atoms with Crippen LogP contribution in [0.3, 0.4) is 0 Å². The van der Waals surface area contributed by atoms with E-state index in [0.29, 0.717) is 34.2 Å². The average Bonchev–Trinajstić information content (AvgIpc) is 3.10. The van der Waals surface area contributed by atoms with Crippen LogP contribution in [0.15, 0.2) is 23.8 Å². The number of ether oxygens (including phenoxy) is 4. The summed E-state index contributed by atoms with van der Waals surface area (Å²) in [5.74, 6) is -1.05. The van der Waals surface area contributed by atoms with Crippen LogP contribution in [0, 0.1) is 25.2 Å². The van der Waals surface area contributed by atoms with Crippen LogP contribution >= 0.6 is 11.3 Å². The Morgan fingerprint density at radius 3 is 2.37 bits per heavy atom. The normalized spacial score (nSPS) is 10.8. The summed E-state index contributed by atoms with van der Waals surface area (Å²) in [6, 6.07) is 6.68. The number of amides is 1. The third-order valence-electron chi connectivity index (χ3n) is 4.69. The lowest BCUT2D eigenvalue weighted by atomic mass is 10.1. The van der Waals surface area contributed by atoms with E-state index in [1.807, 2.05) is 13.0 Å². The molecular weight excluding hydrogens is 472 g/mol. The van der Waals surface area contributed by atoms with Gasteiger partial charge in [0.05, 0.1) is 25.4 Å². The first-order chi connectivity index (χ1) is 16.7. The number of carbonyl (C=O) groups is 3. The van der Waals surface area contributed by atoms with Crippen molar-refractivity contribution in [1.82, 2.24) is 0 Å². The number of benzene rings is 1. The molecule has 0 fully saturated rings. The number of thiophene rings is 1. The third kappa shape index (κ3) is 7.32. The van der Waals surface area contributed by atoms with Crippen LogP contribution in [-0.4, -0.2) is 44.3 Å². The summed E-state index contributed by atoms with van der Waals surface area (Å²) in [6.07, 6.45) is 1.39. The van der Waals surface area contributed by atoms with Crippen molar-refractivity contribution in [2.45, 2.75) is 34.6 Å². The smallest absolute Gasteiger partial charge is 0.344 e. The highest BCUT2D eigenvalue weighted by Gasteiger charge is 2.23. The summed E-state index contributed by atoms with van der Waals surface area (Å²) in [5, 5.41) is 12.6. The monoisotopic (exact) mass is 500 g/mol. The van der Waals surface area contributed by atoms with Gasteiger partial charge in [-0.25, -0.2) is 9.59 Å². The minimum Gasteiger partial charge on any atom is -0.490 e. The van der Waals surface area contributed by atoms with Crippen molar-refractivity contribution in [2.24, 2.45) is 0 Å². The number of hydrogen-bond donors (Lipinski definition) is 1. The molecular formula is C25H28N2O7S. The van der Waals surface area contributed by atoms with Gasteiger partial charge in [0.25, 0.3) is 5.91 Å². The Bertz CT molecular complexity index is 1160. The number of esters is 2. The fraction of sp³-hybridized carbons (Fsp3) is 0.360. The quantitative estimate of drug-likeness (QED) is 0.273. The molecule has 0 bridgehead atoms. The van der Waals surface area contributed by atoms with Gasteiger partial charge in [0, 0.05) is 4.88 Å². The van der Waals surface area contributed by atoms with E-state index in [9.17, 15) is 19.6 Å². The Morgan fingerprint density at radius 2 is 1.74 bits per heavy atom. The van der Waals surface area contributed by atoms with Gasteiger partial charge in [-0.3, -0.25) is 4.79 Å². The molecule has 1 aromatic carbocycles. The van der Waals surface area contributed by atoms with Gasteiger partial charge >= 0.3 is 11.9 Å². The second kappa shape index (κ2) is 13.2. The summed E-state index contributed by atoms with van der Waals surface area (Å²) >= 11 is 1.24. The summed E-state index contributed by atoms with van der Waals surface area (Å²) < 4.78 is 21.0. The Kier molecular flexibility index (Phi) is 10.3. The molecule has 10 heteroatoms. The van der Waals surface area contributed by atoms with Crippen LogP contribution in [0.2, 0.25) is 0 Å². The van der Waals surface area contributed by atoms with Gasteiger partial charge in [-0.15, -0.1) is 11.3 Å². The Morgan fingerprint density at radius 1 is 1.03 bits per heavy atom. The number of rotatable bonds is 11. The van der Waals surface area contributed by atoms with Gasteiger partial charge in [-0.1, -0.05) is 6.07 Å². The molecule has 0 unspecified atom stereocenters. The molecule has 0 atom stereocenters. The molecule has 1 aromatic heterocycles. The maximum atomic E-state index is 12.9. The van der Waals surface area contributed by atoms with Gasteiger partial charge in [0.2, 0.25) is 0 Å². The van der Waals surface area contributed by atoms with Crippen LogP contribution < -0.4 is 14.8 Å². The van der Waals surface area contributed by atoms with E-state index in [4.69, 9.17) is 18.9 Å². The van der Waals surface area contributed by atoms with Crippen molar-refractivity contribution < 1.29 is 33.3 Å². The second-order valence-electron chi connectivity index (χ2n) is 7.06. The predicted molar refractivity (Wildman–Crippen MR) is 132 cm³/mol. The summed E-state index contributed by atoms with van der Waals surface area (Å²) in [7, 11) is 0. The van der Waals surface area contributed by atoms with Crippen LogP contribution in [0.25, 0.3) is 6.08 Å². The fourth-order valence-corrected chi connectivity index (χ4v) is 4.03. The first-order valence-corrected chi connectivity index (χ1v) is 11.8. The minimum absolute atomic E-state index is 0.175. The van der Waals surface area contributed by atoms with Crippen LogP contribution in [0.5, 0.6) is 11.5 Å². The molecule has 9 nitrogen and oxygen atoms in total. The zero-order valence-corrected chi connectivity index (χ0v) is 21.2. The van der Waals surface area contributed by atoms with Crippen LogP contribution in [-0.2, 0) is 19.1 Å². The number of nitriles is 1. The van der Waals surface area contributed by atoms with Gasteiger partial charge in [0.15, 0.2) is 18.1 Å². The van der Waals surface area contributed by atoms with Crippen molar-refractivity contribution in [3.8, 4) is 17.6 Å². The lowest BCUT2D eigenvalue weighted by Gasteiger charge is -2.12. The van der Waals surface area contributed by atoms with Gasteiger partial charge in [-0.05, 0) is 64.0 Å². The maximum Gasteiger partial charge on any atom is 0.344 e. The SMILES string of the molecule is CCOC(=O)COc1ccc(/C=C(\C#N)C(=O)Nc2sc(C)c(C)c2C(=O)OCC)cc1OCC. The van der Waals surface area contributed by atoms with Crippen molar-refractivity contribution in [2.75, 3.05) is 31.7 Å². The van der Waals surface area contributed by atoms with E-state index >= 15 is 0 Å². The molecule has 1 heterocycles. The maximum absolute atomic E-state index is 12.9. The highest BCUT2D eigenvalue weighted by Crippen LogP contribution is 2.34. The topological polar surface area (TPSA) is 124 Å². The van der Waals surface area contributed by atoms with Crippen molar-refractivity contribution in [3.05, 3.63) is 45.3 Å². The highest BCUT2D eigenvalue weighted by atomic mass is 32.1. The highest BCUT2D eigenvalue weighted by molar-refractivity contribution is 7.16. The second-order valence-corrected chi connectivity index (χ2v) is 8.29. The molecule has 0 spiro atoms. The number of hydrogen-bond acceptors (Lipinski definition) is 9. The predicted octanol–water partition coefficient (Wildman–Crippen LogP) is 4.43. The Balaban J connectivity index is 2.29. The number of carbonyl (C=O) groups excluding carboxylic acids is 3. The number of aryl methyl sites for hydroxylation is 1. The van der Waals surface area contributed by atoms with E-state index in [2.05, 4.69) is 5.32 Å². The average molecular weight is 501 g/mol. The third-order valence-corrected chi connectivity index (χ3v) is 5.81. The van der Waals surface area contributed by atoms with Crippen LogP contribution in [0.1, 0.15) is 47.1 Å². The molecule has 1 amide bonds. The number of nitrogens with zero attached hydrogens (tertiary/aromatic N) is 1. The molecule has 2 aromatic rings. The molecule has 0 saturated heterocycles. The van der Waals surface area contributed by atoms with Crippen LogP contribution in [0.4, 0.5) is 5.00 Å². The number of anilines is 1. The standard InChI is InChI=1S/C25H28N2O7S/c1-6-31-20-12-17(9-10-19(20)34-14-21(28)32-7-2)11-18(13-26)23(29)27-24-22(25(30)33-8-3)15(4)16(5)35-24/h9-12H,6-8,14H2,1-5H3,(H,27,29)/b18-11+. The zero-order chi connectivity index (χ0) is 26.0. The van der Waals surface area contributed by atoms with E-state index in [-0.39, 0.29) is 31.0 Å². The largest absolute Gasteiger partial charge is 0.490 e. The molecule has 1 N–H and O–H groups in total. The molecule has 0 aliphatic heterocycles. The fourth-order valence-electron chi connectivity index (χ4n) is 2.99. The van der Waals surface area contributed by atoms with Crippen molar-refractivity contribution in [1.29, 1.82) is 5.26 Å². The lowest BCUT2D eigenvalue weighted by Crippen LogP contribution is -2.16. The molecule has 186 valence electrons. The Hall–Kier alpha value is -3.84. The molecule has 0 aliphatic rings. The van der Waals surface area contributed by atoms with Gasteiger partial charge in [0.1, 0.15) is 16.6 Å². The zero-order valence-electron chi connectivity index (χ0n) is 20.4. The molecule has 0 aliphatic carbocycles. The first-order valence-electron chi connectivity index (χ1n) is 11.0. The van der Waals surface area contributed by atoms with Crippen molar-refractivity contribution >= 4 is 40.3 Å². The van der Waals surface area contributed by atoms with Gasteiger partial charge in [-0.2, -0.15) is 5.26 Å². The van der Waals surface area contributed by atoms with E-state index in [0.717, 1.165) is 4.88 Å². The number of nitrogens with one attached hydrogen (secondary N) is 1. The summed E-state index contributed by atoms with van der Waals surface area (Å²) in [5.41, 5.74) is 1.33. The van der Waals surface area contributed by atoms with E-state index < -0.39 is 17.8 Å². The minimum atomic E-state index is -0.667. The van der Waals surface area contributed by atoms with Gasteiger partial charge < -0.3 is 24.3 Å². The van der Waals surface area contributed by atoms with E-state index in [1.54, 1.807) is 45.9 Å². The molecule has 2 rings (SSSR count). The molecule has 35 heavy (non-hydrogen) atoms. The van der Waals surface area contributed by atoms with Crippen molar-refractivity contribution in [3.63, 3.8) is 0 Å². The Labute approximate surface area is 208 Å². The molecule has 0 saturated carbocycles. The lowest BCUT2D eigenvalue weighted by molar-refractivity contribution is -0.145. The summed E-state index contributed by atoms with van der Waals surface area (Å²) in [4.78, 5) is 37.7. The summed E-state index contributed by atoms with van der Waals surface area (Å²) in [6.45, 7) is 9.30. The molecule has 0 radical (unpaired) electrons. The first kappa shape index (κ1) is 27.4. The van der Waals surface area contributed by atoms with E-state index in [1.165, 1.54) is 17.4 Å².